The monoisotopic (exact) mass is 377 g/mol. The fourth-order valence-corrected chi connectivity index (χ4v) is 3.80. The molecular formula is C21H23N5O2. The number of amides is 1. The molecule has 3 atom stereocenters. The molecule has 1 unspecified atom stereocenters. The lowest BCUT2D eigenvalue weighted by Gasteiger charge is -2.16. The maximum absolute atomic E-state index is 12.4. The Labute approximate surface area is 163 Å². The van der Waals surface area contributed by atoms with Crippen molar-refractivity contribution in [1.82, 2.24) is 24.8 Å². The zero-order chi connectivity index (χ0) is 19.5. The first-order valence-electron chi connectivity index (χ1n) is 9.45. The largest absolute Gasteiger partial charge is 0.391 e. The Bertz CT molecular complexity index is 956. The average molecular weight is 377 g/mol. The number of hydrogen-bond acceptors (Lipinski definition) is 5. The van der Waals surface area contributed by atoms with Gasteiger partial charge < -0.3 is 15.0 Å². The van der Waals surface area contributed by atoms with Crippen molar-refractivity contribution < 1.29 is 9.90 Å². The summed E-state index contributed by atoms with van der Waals surface area (Å²) in [5, 5.41) is 13.3. The lowest BCUT2D eigenvalue weighted by atomic mass is 10.1. The molecule has 4 rings (SSSR count). The molecule has 3 aromatic rings. The van der Waals surface area contributed by atoms with Crippen LogP contribution in [0.3, 0.4) is 0 Å². The second kappa shape index (κ2) is 7.90. The summed E-state index contributed by atoms with van der Waals surface area (Å²) < 4.78 is 2.11. The number of carbonyl (C=O) groups excluding carboxylic acids is 1. The summed E-state index contributed by atoms with van der Waals surface area (Å²) in [6, 6.07) is 11.5. The molecule has 2 N–H and O–H groups in total. The molecule has 7 heteroatoms. The van der Waals surface area contributed by atoms with E-state index in [2.05, 4.69) is 24.8 Å². The molecule has 0 saturated heterocycles. The third kappa shape index (κ3) is 3.94. The quantitative estimate of drug-likeness (QED) is 0.711. The Kier molecular flexibility index (Phi) is 5.16. The van der Waals surface area contributed by atoms with Crippen LogP contribution in [0.1, 0.15) is 29.2 Å². The lowest BCUT2D eigenvalue weighted by Crippen LogP contribution is -2.40. The minimum absolute atomic E-state index is 0.136. The second-order valence-corrected chi connectivity index (χ2v) is 7.28. The molecule has 1 aromatic carbocycles. The third-order valence-corrected chi connectivity index (χ3v) is 5.14. The normalized spacial score (nSPS) is 21.6. The summed E-state index contributed by atoms with van der Waals surface area (Å²) in [7, 11) is 0. The smallest absolute Gasteiger partial charge is 0.289 e. The Morgan fingerprint density at radius 1 is 1.18 bits per heavy atom. The summed E-state index contributed by atoms with van der Waals surface area (Å²) in [5.74, 6) is 0.948. The van der Waals surface area contributed by atoms with Crippen molar-refractivity contribution in [3.8, 4) is 11.4 Å². The Balaban J connectivity index is 1.41. The van der Waals surface area contributed by atoms with Crippen LogP contribution in [0.15, 0.2) is 55.0 Å². The van der Waals surface area contributed by atoms with Gasteiger partial charge in [-0.15, -0.1) is 0 Å². The van der Waals surface area contributed by atoms with Crippen LogP contribution in [-0.2, 0) is 6.54 Å². The van der Waals surface area contributed by atoms with Gasteiger partial charge in [-0.25, -0.2) is 15.0 Å². The Morgan fingerprint density at radius 3 is 2.79 bits per heavy atom. The van der Waals surface area contributed by atoms with Crippen LogP contribution in [-0.4, -0.2) is 42.7 Å². The Morgan fingerprint density at radius 2 is 2.00 bits per heavy atom. The molecule has 1 fully saturated rings. The zero-order valence-corrected chi connectivity index (χ0v) is 15.7. The number of imidazole rings is 1. The van der Waals surface area contributed by atoms with Crippen molar-refractivity contribution in [2.24, 2.45) is 5.92 Å². The van der Waals surface area contributed by atoms with Gasteiger partial charge in [-0.3, -0.25) is 4.79 Å². The first-order valence-corrected chi connectivity index (χ1v) is 9.45. The van der Waals surface area contributed by atoms with Crippen molar-refractivity contribution in [3.05, 3.63) is 66.5 Å². The maximum Gasteiger partial charge on any atom is 0.289 e. The SMILES string of the molecule is Cc1ccnc(C(=O)N[C@@H]2CC(Cn3ccnc3-c3ccccc3)C[C@H]2O)n1. The molecule has 0 aliphatic heterocycles. The molecule has 2 aromatic heterocycles. The first kappa shape index (κ1) is 18.3. The van der Waals surface area contributed by atoms with E-state index in [0.717, 1.165) is 23.6 Å². The highest BCUT2D eigenvalue weighted by atomic mass is 16.3. The highest BCUT2D eigenvalue weighted by Crippen LogP contribution is 2.29. The van der Waals surface area contributed by atoms with E-state index in [9.17, 15) is 9.90 Å². The van der Waals surface area contributed by atoms with E-state index in [-0.39, 0.29) is 23.7 Å². The minimum atomic E-state index is -0.581. The van der Waals surface area contributed by atoms with Crippen LogP contribution in [0.2, 0.25) is 0 Å². The van der Waals surface area contributed by atoms with Crippen LogP contribution < -0.4 is 5.32 Å². The van der Waals surface area contributed by atoms with Crippen LogP contribution in [0.25, 0.3) is 11.4 Å². The van der Waals surface area contributed by atoms with E-state index in [1.54, 1.807) is 18.5 Å². The van der Waals surface area contributed by atoms with E-state index in [1.165, 1.54) is 0 Å². The molecule has 0 spiro atoms. The molecule has 144 valence electrons. The number of aryl methyl sites for hydroxylation is 1. The minimum Gasteiger partial charge on any atom is -0.391 e. The maximum atomic E-state index is 12.4. The van der Waals surface area contributed by atoms with Crippen molar-refractivity contribution in [1.29, 1.82) is 0 Å². The van der Waals surface area contributed by atoms with Gasteiger partial charge in [0.15, 0.2) is 0 Å². The number of aromatic nitrogens is 4. The predicted octanol–water partition coefficient (Wildman–Crippen LogP) is 2.22. The van der Waals surface area contributed by atoms with Crippen LogP contribution >= 0.6 is 0 Å². The predicted molar refractivity (Wildman–Crippen MR) is 104 cm³/mol. The number of aliphatic hydroxyl groups excluding tert-OH is 1. The second-order valence-electron chi connectivity index (χ2n) is 7.28. The molecule has 0 radical (unpaired) electrons. The third-order valence-electron chi connectivity index (χ3n) is 5.14. The molecule has 0 bridgehead atoms. The summed E-state index contributed by atoms with van der Waals surface area (Å²) in [6.07, 6.45) is 6.07. The number of carbonyl (C=O) groups is 1. The van der Waals surface area contributed by atoms with Crippen molar-refractivity contribution in [3.63, 3.8) is 0 Å². The fourth-order valence-electron chi connectivity index (χ4n) is 3.80. The highest BCUT2D eigenvalue weighted by Gasteiger charge is 2.34. The molecule has 1 aliphatic rings. The van der Waals surface area contributed by atoms with E-state index >= 15 is 0 Å². The molecule has 1 amide bonds. The van der Waals surface area contributed by atoms with Gasteiger partial charge in [0.2, 0.25) is 5.82 Å². The van der Waals surface area contributed by atoms with Crippen molar-refractivity contribution in [2.75, 3.05) is 0 Å². The van der Waals surface area contributed by atoms with Crippen LogP contribution in [0.5, 0.6) is 0 Å². The number of rotatable bonds is 5. The molecule has 1 saturated carbocycles. The average Bonchev–Trinajstić information content (AvgIpc) is 3.29. The van der Waals surface area contributed by atoms with Crippen molar-refractivity contribution >= 4 is 5.91 Å². The summed E-state index contributed by atoms with van der Waals surface area (Å²) >= 11 is 0. The van der Waals surface area contributed by atoms with Gasteiger partial charge in [0, 0.05) is 36.4 Å². The zero-order valence-electron chi connectivity index (χ0n) is 15.7. The van der Waals surface area contributed by atoms with Gasteiger partial charge >= 0.3 is 0 Å². The van der Waals surface area contributed by atoms with Crippen LogP contribution in [0.4, 0.5) is 0 Å². The topological polar surface area (TPSA) is 92.9 Å². The highest BCUT2D eigenvalue weighted by molar-refractivity contribution is 5.90. The number of hydrogen-bond donors (Lipinski definition) is 2. The number of nitrogens with zero attached hydrogens (tertiary/aromatic N) is 4. The van der Waals surface area contributed by atoms with Gasteiger partial charge in [-0.05, 0) is 31.7 Å². The van der Waals surface area contributed by atoms with Gasteiger partial charge in [0.1, 0.15) is 5.82 Å². The number of aliphatic hydroxyl groups is 1. The summed E-state index contributed by atoms with van der Waals surface area (Å²) in [5.41, 5.74) is 1.80. The summed E-state index contributed by atoms with van der Waals surface area (Å²) in [6.45, 7) is 2.56. The van der Waals surface area contributed by atoms with Crippen molar-refractivity contribution in [2.45, 2.75) is 38.5 Å². The van der Waals surface area contributed by atoms with E-state index in [1.807, 2.05) is 43.5 Å². The molecule has 2 heterocycles. The number of benzene rings is 1. The fraction of sp³-hybridized carbons (Fsp3) is 0.333. The summed E-state index contributed by atoms with van der Waals surface area (Å²) in [4.78, 5) is 25.0. The Hall–Kier alpha value is -3.06. The van der Waals surface area contributed by atoms with Gasteiger partial charge in [-0.2, -0.15) is 0 Å². The molecule has 7 nitrogen and oxygen atoms in total. The molecular weight excluding hydrogens is 354 g/mol. The first-order chi connectivity index (χ1) is 13.6. The van der Waals surface area contributed by atoms with E-state index < -0.39 is 6.10 Å². The molecule has 1 aliphatic carbocycles. The van der Waals surface area contributed by atoms with Crippen LogP contribution in [0, 0.1) is 12.8 Å². The molecule has 28 heavy (non-hydrogen) atoms. The lowest BCUT2D eigenvalue weighted by molar-refractivity contribution is 0.0862. The van der Waals surface area contributed by atoms with Gasteiger partial charge in [-0.1, -0.05) is 30.3 Å². The van der Waals surface area contributed by atoms with Gasteiger partial charge in [0.05, 0.1) is 12.1 Å². The van der Waals surface area contributed by atoms with E-state index in [4.69, 9.17) is 0 Å². The van der Waals surface area contributed by atoms with E-state index in [0.29, 0.717) is 12.8 Å². The number of nitrogens with one attached hydrogen (secondary N) is 1. The standard InChI is InChI=1S/C21H23N5O2/c1-14-7-8-22-19(24-14)21(28)25-17-11-15(12-18(17)27)13-26-10-9-23-20(26)16-5-3-2-4-6-16/h2-10,15,17-18,27H,11-13H2,1H3,(H,25,28)/t15?,17-,18-/m1/s1. The van der Waals surface area contributed by atoms with Gasteiger partial charge in [0.25, 0.3) is 5.91 Å².